The molecule has 0 spiro atoms. The van der Waals surface area contributed by atoms with Crippen molar-refractivity contribution in [3.05, 3.63) is 47.5 Å². The number of rotatable bonds is 4. The van der Waals surface area contributed by atoms with Crippen LogP contribution in [-0.2, 0) is 15.1 Å². The molecule has 0 fully saturated rings. The van der Waals surface area contributed by atoms with Crippen LogP contribution in [0.25, 0.3) is 0 Å². The summed E-state index contributed by atoms with van der Waals surface area (Å²) in [6, 6.07) is 9.88. The summed E-state index contributed by atoms with van der Waals surface area (Å²) >= 11 is 0. The van der Waals surface area contributed by atoms with E-state index in [1.54, 1.807) is 0 Å². The number of esters is 1. The van der Waals surface area contributed by atoms with Gasteiger partial charge in [-0.05, 0) is 31.4 Å². The van der Waals surface area contributed by atoms with Gasteiger partial charge in [-0.3, -0.25) is 0 Å². The fraction of sp³-hybridized carbons (Fsp3) is 0.400. The predicted molar refractivity (Wildman–Crippen MR) is 67.5 cm³/mol. The van der Waals surface area contributed by atoms with Gasteiger partial charge in [0.15, 0.2) is 5.60 Å². The molecule has 0 radical (unpaired) electrons. The Hall–Kier alpha value is -1.57. The van der Waals surface area contributed by atoms with Gasteiger partial charge in [-0.25, -0.2) is 4.79 Å². The van der Waals surface area contributed by atoms with E-state index in [1.165, 1.54) is 0 Å². The van der Waals surface area contributed by atoms with Crippen molar-refractivity contribution in [2.75, 3.05) is 0 Å². The first kappa shape index (κ1) is 11.9. The lowest BCUT2D eigenvalue weighted by molar-refractivity contribution is -0.146. The molecular formula is C15H18O2. The molecule has 1 aromatic carbocycles. The molecule has 0 saturated carbocycles. The number of hydrogen-bond acceptors (Lipinski definition) is 2. The molecule has 1 heterocycles. The van der Waals surface area contributed by atoms with Gasteiger partial charge in [0, 0.05) is 5.57 Å². The van der Waals surface area contributed by atoms with Gasteiger partial charge in [-0.15, -0.1) is 0 Å². The second kappa shape index (κ2) is 4.74. The summed E-state index contributed by atoms with van der Waals surface area (Å²) < 4.78 is 5.51. The molecule has 0 N–H and O–H groups in total. The molecule has 1 atom stereocenters. The number of cyclic esters (lactones) is 1. The predicted octanol–water partition coefficient (Wildman–Crippen LogP) is 3.58. The molecule has 0 saturated heterocycles. The van der Waals surface area contributed by atoms with Crippen molar-refractivity contribution in [1.82, 2.24) is 0 Å². The lowest BCUT2D eigenvalue weighted by Gasteiger charge is -2.21. The van der Waals surface area contributed by atoms with E-state index in [9.17, 15) is 4.79 Å². The molecular weight excluding hydrogens is 212 g/mol. The highest BCUT2D eigenvalue weighted by atomic mass is 16.6. The molecule has 0 aliphatic carbocycles. The minimum Gasteiger partial charge on any atom is -0.447 e. The standard InChI is InChI=1S/C15H18O2/c1-3-4-8-12-11-15(2,17-14(12)16)13-9-6-5-7-10-13/h5-7,9-11H,3-4,8H2,1-2H3/t15-/m0/s1. The maximum Gasteiger partial charge on any atom is 0.335 e. The minimum absolute atomic E-state index is 0.162. The summed E-state index contributed by atoms with van der Waals surface area (Å²) in [7, 11) is 0. The Balaban J connectivity index is 2.23. The summed E-state index contributed by atoms with van der Waals surface area (Å²) in [5.74, 6) is -0.162. The van der Waals surface area contributed by atoms with E-state index in [1.807, 2.05) is 43.3 Å². The Bertz CT molecular complexity index is 433. The Labute approximate surface area is 102 Å². The lowest BCUT2D eigenvalue weighted by atomic mass is 9.94. The van der Waals surface area contributed by atoms with Crippen LogP contribution in [0.15, 0.2) is 42.0 Å². The van der Waals surface area contributed by atoms with Gasteiger partial charge in [-0.1, -0.05) is 43.7 Å². The van der Waals surface area contributed by atoms with Crippen LogP contribution >= 0.6 is 0 Å². The number of hydrogen-bond donors (Lipinski definition) is 0. The van der Waals surface area contributed by atoms with Gasteiger partial charge < -0.3 is 4.74 Å². The average Bonchev–Trinajstić information content (AvgIpc) is 2.64. The third-order valence-electron chi connectivity index (χ3n) is 3.16. The number of carbonyl (C=O) groups excluding carboxylic acids is 1. The zero-order valence-corrected chi connectivity index (χ0v) is 10.4. The Morgan fingerprint density at radius 2 is 1.94 bits per heavy atom. The van der Waals surface area contributed by atoms with Crippen LogP contribution in [0.1, 0.15) is 38.7 Å². The number of ether oxygens (including phenoxy) is 1. The number of benzene rings is 1. The topological polar surface area (TPSA) is 26.3 Å². The van der Waals surface area contributed by atoms with E-state index in [0.717, 1.165) is 30.4 Å². The van der Waals surface area contributed by atoms with Gasteiger partial charge in [-0.2, -0.15) is 0 Å². The molecule has 0 unspecified atom stereocenters. The maximum absolute atomic E-state index is 11.8. The highest BCUT2D eigenvalue weighted by Gasteiger charge is 2.36. The number of carbonyl (C=O) groups is 1. The van der Waals surface area contributed by atoms with Crippen molar-refractivity contribution in [3.8, 4) is 0 Å². The van der Waals surface area contributed by atoms with Crippen LogP contribution in [0.5, 0.6) is 0 Å². The first-order valence-corrected chi connectivity index (χ1v) is 6.16. The Morgan fingerprint density at radius 1 is 1.24 bits per heavy atom. The minimum atomic E-state index is -0.582. The quantitative estimate of drug-likeness (QED) is 0.739. The second-order valence-corrected chi connectivity index (χ2v) is 4.64. The van der Waals surface area contributed by atoms with Crippen molar-refractivity contribution in [3.63, 3.8) is 0 Å². The van der Waals surface area contributed by atoms with Gasteiger partial charge in [0.05, 0.1) is 0 Å². The van der Waals surface area contributed by atoms with Gasteiger partial charge >= 0.3 is 5.97 Å². The largest absolute Gasteiger partial charge is 0.447 e. The molecule has 0 amide bonds. The van der Waals surface area contributed by atoms with Gasteiger partial charge in [0.2, 0.25) is 0 Å². The van der Waals surface area contributed by atoms with Crippen molar-refractivity contribution in [2.24, 2.45) is 0 Å². The van der Waals surface area contributed by atoms with E-state index in [2.05, 4.69) is 6.92 Å². The van der Waals surface area contributed by atoms with Crippen molar-refractivity contribution in [2.45, 2.75) is 38.7 Å². The molecule has 1 aliphatic heterocycles. The summed E-state index contributed by atoms with van der Waals surface area (Å²) in [5.41, 5.74) is 1.26. The summed E-state index contributed by atoms with van der Waals surface area (Å²) in [5, 5.41) is 0. The van der Waals surface area contributed by atoms with Crippen molar-refractivity contribution < 1.29 is 9.53 Å². The second-order valence-electron chi connectivity index (χ2n) is 4.64. The fourth-order valence-corrected chi connectivity index (χ4v) is 2.13. The smallest absolute Gasteiger partial charge is 0.335 e. The molecule has 0 aromatic heterocycles. The van der Waals surface area contributed by atoms with Crippen molar-refractivity contribution in [1.29, 1.82) is 0 Å². The van der Waals surface area contributed by atoms with Crippen LogP contribution < -0.4 is 0 Å². The number of unbranched alkanes of at least 4 members (excludes halogenated alkanes) is 1. The summed E-state index contributed by atoms with van der Waals surface area (Å²) in [6.45, 7) is 4.07. The third kappa shape index (κ3) is 2.41. The molecule has 1 aromatic rings. The monoisotopic (exact) mass is 230 g/mol. The first-order chi connectivity index (χ1) is 8.15. The van der Waals surface area contributed by atoms with Crippen LogP contribution in [0.3, 0.4) is 0 Å². The van der Waals surface area contributed by atoms with E-state index in [0.29, 0.717) is 0 Å². The summed E-state index contributed by atoms with van der Waals surface area (Å²) in [6.07, 6.45) is 4.91. The molecule has 0 bridgehead atoms. The van der Waals surface area contributed by atoms with Crippen LogP contribution in [0, 0.1) is 0 Å². The fourth-order valence-electron chi connectivity index (χ4n) is 2.13. The highest BCUT2D eigenvalue weighted by molar-refractivity contribution is 5.91. The van der Waals surface area contributed by atoms with E-state index >= 15 is 0 Å². The SMILES string of the molecule is CCCCC1=C[C@@](C)(c2ccccc2)OC1=O. The third-order valence-corrected chi connectivity index (χ3v) is 3.16. The molecule has 2 rings (SSSR count). The molecule has 17 heavy (non-hydrogen) atoms. The normalized spacial score (nSPS) is 23.4. The Kier molecular flexibility index (Phi) is 3.32. The van der Waals surface area contributed by atoms with Crippen LogP contribution in [0.4, 0.5) is 0 Å². The zero-order chi connectivity index (χ0) is 12.3. The molecule has 2 heteroatoms. The Morgan fingerprint density at radius 3 is 2.59 bits per heavy atom. The average molecular weight is 230 g/mol. The van der Waals surface area contributed by atoms with E-state index in [-0.39, 0.29) is 5.97 Å². The van der Waals surface area contributed by atoms with E-state index < -0.39 is 5.60 Å². The lowest BCUT2D eigenvalue weighted by Crippen LogP contribution is -2.20. The van der Waals surface area contributed by atoms with Gasteiger partial charge in [0.1, 0.15) is 0 Å². The first-order valence-electron chi connectivity index (χ1n) is 6.16. The van der Waals surface area contributed by atoms with Crippen molar-refractivity contribution >= 4 is 5.97 Å². The van der Waals surface area contributed by atoms with Crippen LogP contribution in [0.2, 0.25) is 0 Å². The van der Waals surface area contributed by atoms with Crippen LogP contribution in [-0.4, -0.2) is 5.97 Å². The highest BCUT2D eigenvalue weighted by Crippen LogP contribution is 2.35. The molecule has 2 nitrogen and oxygen atoms in total. The molecule has 90 valence electrons. The van der Waals surface area contributed by atoms with E-state index in [4.69, 9.17) is 4.74 Å². The van der Waals surface area contributed by atoms with Gasteiger partial charge in [0.25, 0.3) is 0 Å². The molecule has 1 aliphatic rings. The zero-order valence-electron chi connectivity index (χ0n) is 10.4. The summed E-state index contributed by atoms with van der Waals surface area (Å²) in [4.78, 5) is 11.8. The maximum atomic E-state index is 11.8.